The molecule has 1 aliphatic rings. The van der Waals surface area contributed by atoms with Crippen LogP contribution in [0.5, 0.6) is 11.5 Å². The van der Waals surface area contributed by atoms with Crippen molar-refractivity contribution in [3.63, 3.8) is 0 Å². The molecule has 0 unspecified atom stereocenters. The molecule has 1 aliphatic heterocycles. The number of hydrogen-bond donors (Lipinski definition) is 1. The van der Waals surface area contributed by atoms with Crippen molar-refractivity contribution in [1.82, 2.24) is 5.32 Å². The first-order valence-corrected chi connectivity index (χ1v) is 8.05. The number of nitrogens with one attached hydrogen (secondary N) is 1. The first kappa shape index (κ1) is 16.2. The van der Waals surface area contributed by atoms with Crippen molar-refractivity contribution in [1.29, 1.82) is 0 Å². The van der Waals surface area contributed by atoms with Gasteiger partial charge in [0, 0.05) is 17.5 Å². The monoisotopic (exact) mass is 291 g/mol. The Morgan fingerprint density at radius 2 is 1.62 bits per heavy atom. The van der Waals surface area contributed by atoms with Crippen LogP contribution in [0.3, 0.4) is 0 Å². The normalized spacial score (nSPS) is 15.1. The fraction of sp³-hybridized carbons (Fsp3) is 0.667. The molecule has 0 aromatic heterocycles. The molecule has 0 aliphatic carbocycles. The Kier molecular flexibility index (Phi) is 4.82. The quantitative estimate of drug-likeness (QED) is 0.892. The summed E-state index contributed by atoms with van der Waals surface area (Å²) in [5.74, 6) is 1.76. The molecule has 1 aromatic rings. The molecule has 0 spiro atoms. The van der Waals surface area contributed by atoms with Crippen LogP contribution in [-0.2, 0) is 5.41 Å². The molecule has 0 saturated carbocycles. The summed E-state index contributed by atoms with van der Waals surface area (Å²) in [4.78, 5) is 0. The molecule has 0 bridgehead atoms. The standard InChI is InChI=1S/C18H29NO2/c1-6-18(7-2,13-19-17(3,4)5)14-8-9-15-16(12-14)21-11-10-20-15/h8-9,12,19H,6-7,10-11,13H2,1-5H3. The molecule has 3 nitrogen and oxygen atoms in total. The number of hydrogen-bond acceptors (Lipinski definition) is 3. The van der Waals surface area contributed by atoms with Gasteiger partial charge in [0.15, 0.2) is 11.5 Å². The molecule has 0 amide bonds. The van der Waals surface area contributed by atoms with Crippen molar-refractivity contribution in [2.75, 3.05) is 19.8 Å². The Hall–Kier alpha value is -1.22. The van der Waals surface area contributed by atoms with E-state index in [2.05, 4.69) is 58.1 Å². The summed E-state index contributed by atoms with van der Waals surface area (Å²) in [7, 11) is 0. The minimum atomic E-state index is 0.128. The van der Waals surface area contributed by atoms with E-state index in [9.17, 15) is 0 Å². The van der Waals surface area contributed by atoms with E-state index in [0.717, 1.165) is 30.9 Å². The first-order chi connectivity index (χ1) is 9.90. The van der Waals surface area contributed by atoms with Gasteiger partial charge in [0.25, 0.3) is 0 Å². The van der Waals surface area contributed by atoms with Crippen LogP contribution in [0.25, 0.3) is 0 Å². The smallest absolute Gasteiger partial charge is 0.161 e. The molecule has 1 heterocycles. The van der Waals surface area contributed by atoms with Crippen molar-refractivity contribution < 1.29 is 9.47 Å². The lowest BCUT2D eigenvalue weighted by molar-refractivity contribution is 0.171. The highest BCUT2D eigenvalue weighted by Crippen LogP contribution is 2.38. The third-order valence-corrected chi connectivity index (χ3v) is 4.47. The summed E-state index contributed by atoms with van der Waals surface area (Å²) < 4.78 is 11.4. The van der Waals surface area contributed by atoms with Gasteiger partial charge in [0.1, 0.15) is 13.2 Å². The summed E-state index contributed by atoms with van der Waals surface area (Å²) in [5.41, 5.74) is 1.61. The fourth-order valence-corrected chi connectivity index (χ4v) is 2.82. The third kappa shape index (κ3) is 3.70. The van der Waals surface area contributed by atoms with Crippen LogP contribution in [-0.4, -0.2) is 25.3 Å². The van der Waals surface area contributed by atoms with Crippen molar-refractivity contribution in [3.05, 3.63) is 23.8 Å². The molecule has 0 atom stereocenters. The van der Waals surface area contributed by atoms with Crippen LogP contribution in [0.15, 0.2) is 18.2 Å². The van der Waals surface area contributed by atoms with Crippen LogP contribution in [0, 0.1) is 0 Å². The highest BCUT2D eigenvalue weighted by atomic mass is 16.6. The van der Waals surface area contributed by atoms with Gasteiger partial charge in [-0.1, -0.05) is 19.9 Å². The number of benzene rings is 1. The van der Waals surface area contributed by atoms with Gasteiger partial charge >= 0.3 is 0 Å². The second-order valence-corrected chi connectivity index (χ2v) is 6.95. The highest BCUT2D eigenvalue weighted by molar-refractivity contribution is 5.46. The zero-order valence-corrected chi connectivity index (χ0v) is 14.1. The molecule has 2 rings (SSSR count). The largest absolute Gasteiger partial charge is 0.486 e. The van der Waals surface area contributed by atoms with Gasteiger partial charge in [0.05, 0.1) is 0 Å². The van der Waals surface area contributed by atoms with Gasteiger partial charge in [-0.25, -0.2) is 0 Å². The molecule has 0 saturated heterocycles. The molecule has 1 aromatic carbocycles. The molecule has 0 fully saturated rings. The zero-order chi connectivity index (χ0) is 15.5. The maximum absolute atomic E-state index is 5.75. The predicted octanol–water partition coefficient (Wildman–Crippen LogP) is 3.90. The van der Waals surface area contributed by atoms with E-state index in [-0.39, 0.29) is 11.0 Å². The lowest BCUT2D eigenvalue weighted by atomic mass is 9.75. The van der Waals surface area contributed by atoms with Crippen LogP contribution >= 0.6 is 0 Å². The average molecular weight is 291 g/mol. The van der Waals surface area contributed by atoms with E-state index >= 15 is 0 Å². The van der Waals surface area contributed by atoms with Crippen molar-refractivity contribution in [2.45, 2.75) is 58.4 Å². The Bertz CT molecular complexity index is 473. The van der Waals surface area contributed by atoms with Gasteiger partial charge in [-0.05, 0) is 51.3 Å². The van der Waals surface area contributed by atoms with Crippen molar-refractivity contribution >= 4 is 0 Å². The lowest BCUT2D eigenvalue weighted by Gasteiger charge is -2.36. The molecule has 21 heavy (non-hydrogen) atoms. The molecule has 3 heteroatoms. The summed E-state index contributed by atoms with van der Waals surface area (Å²) in [6.07, 6.45) is 2.21. The van der Waals surface area contributed by atoms with Gasteiger partial charge in [-0.15, -0.1) is 0 Å². The first-order valence-electron chi connectivity index (χ1n) is 8.05. The van der Waals surface area contributed by atoms with Gasteiger partial charge < -0.3 is 14.8 Å². The summed E-state index contributed by atoms with van der Waals surface area (Å²) in [6.45, 7) is 13.4. The Morgan fingerprint density at radius 1 is 1.00 bits per heavy atom. The van der Waals surface area contributed by atoms with Crippen LogP contribution < -0.4 is 14.8 Å². The van der Waals surface area contributed by atoms with Gasteiger partial charge in [-0.3, -0.25) is 0 Å². The number of rotatable bonds is 5. The van der Waals surface area contributed by atoms with E-state index in [1.807, 2.05) is 0 Å². The molecular weight excluding hydrogens is 262 g/mol. The molecule has 0 radical (unpaired) electrons. The lowest BCUT2D eigenvalue weighted by Crippen LogP contribution is -2.45. The van der Waals surface area contributed by atoms with Gasteiger partial charge in [-0.2, -0.15) is 0 Å². The minimum Gasteiger partial charge on any atom is -0.486 e. The van der Waals surface area contributed by atoms with E-state index in [4.69, 9.17) is 9.47 Å². The average Bonchev–Trinajstić information content (AvgIpc) is 2.47. The number of ether oxygens (including phenoxy) is 2. The Balaban J connectivity index is 2.28. The van der Waals surface area contributed by atoms with Crippen molar-refractivity contribution in [3.8, 4) is 11.5 Å². The molecule has 1 N–H and O–H groups in total. The third-order valence-electron chi connectivity index (χ3n) is 4.47. The van der Waals surface area contributed by atoms with Gasteiger partial charge in [0.2, 0.25) is 0 Å². The van der Waals surface area contributed by atoms with E-state index in [1.165, 1.54) is 5.56 Å². The maximum Gasteiger partial charge on any atom is 0.161 e. The Morgan fingerprint density at radius 3 is 2.19 bits per heavy atom. The minimum absolute atomic E-state index is 0.128. The summed E-state index contributed by atoms with van der Waals surface area (Å²) in [5, 5.41) is 3.67. The Labute approximate surface area is 129 Å². The van der Waals surface area contributed by atoms with E-state index in [1.54, 1.807) is 0 Å². The fourth-order valence-electron chi connectivity index (χ4n) is 2.82. The predicted molar refractivity (Wildman–Crippen MR) is 87.4 cm³/mol. The maximum atomic E-state index is 5.75. The second-order valence-electron chi connectivity index (χ2n) is 6.95. The zero-order valence-electron chi connectivity index (χ0n) is 14.1. The van der Waals surface area contributed by atoms with E-state index in [0.29, 0.717) is 13.2 Å². The second kappa shape index (κ2) is 6.27. The van der Waals surface area contributed by atoms with Crippen LogP contribution in [0.4, 0.5) is 0 Å². The highest BCUT2D eigenvalue weighted by Gasteiger charge is 2.31. The van der Waals surface area contributed by atoms with Crippen LogP contribution in [0.1, 0.15) is 53.0 Å². The molecular formula is C18H29NO2. The van der Waals surface area contributed by atoms with Crippen molar-refractivity contribution in [2.24, 2.45) is 0 Å². The summed E-state index contributed by atoms with van der Waals surface area (Å²) >= 11 is 0. The SMILES string of the molecule is CCC(CC)(CNC(C)(C)C)c1ccc2c(c1)OCCO2. The number of fused-ring (bicyclic) bond motifs is 1. The summed E-state index contributed by atoms with van der Waals surface area (Å²) in [6, 6.07) is 6.43. The van der Waals surface area contributed by atoms with E-state index < -0.39 is 0 Å². The molecule has 118 valence electrons. The van der Waals surface area contributed by atoms with Crippen LogP contribution in [0.2, 0.25) is 0 Å². The topological polar surface area (TPSA) is 30.5 Å².